The van der Waals surface area contributed by atoms with Gasteiger partial charge >= 0.3 is 0 Å². The van der Waals surface area contributed by atoms with Crippen LogP contribution in [0.3, 0.4) is 0 Å². The molecule has 130 valence electrons. The molecule has 2 amide bonds. The summed E-state index contributed by atoms with van der Waals surface area (Å²) < 4.78 is 0. The van der Waals surface area contributed by atoms with Crippen LogP contribution in [0.1, 0.15) is 47.5 Å². The summed E-state index contributed by atoms with van der Waals surface area (Å²) in [6.07, 6.45) is 1.83. The second kappa shape index (κ2) is 7.70. The average molecular weight is 339 g/mol. The largest absolute Gasteiger partial charge is 0.364 e. The number of rotatable bonds is 7. The molecule has 0 radical (unpaired) electrons. The predicted molar refractivity (Wildman–Crippen MR) is 95.2 cm³/mol. The Bertz CT molecular complexity index is 768. The Kier molecular flexibility index (Phi) is 5.64. The lowest BCUT2D eigenvalue weighted by molar-refractivity contribution is -0.118. The van der Waals surface area contributed by atoms with E-state index < -0.39 is 11.3 Å². The van der Waals surface area contributed by atoms with Gasteiger partial charge in [-0.25, -0.2) is 4.98 Å². The number of pyridine rings is 1. The van der Waals surface area contributed by atoms with E-state index in [0.717, 1.165) is 0 Å². The first-order valence-electron chi connectivity index (χ1n) is 7.91. The van der Waals surface area contributed by atoms with Crippen LogP contribution < -0.4 is 11.1 Å². The summed E-state index contributed by atoms with van der Waals surface area (Å²) in [5, 5.41) is 2.71. The number of aromatic nitrogens is 1. The van der Waals surface area contributed by atoms with E-state index in [9.17, 15) is 14.4 Å². The fourth-order valence-corrected chi connectivity index (χ4v) is 2.48. The third kappa shape index (κ3) is 5.53. The maximum absolute atomic E-state index is 12.3. The van der Waals surface area contributed by atoms with Crippen molar-refractivity contribution in [2.45, 2.75) is 26.7 Å². The third-order valence-electron chi connectivity index (χ3n) is 3.67. The van der Waals surface area contributed by atoms with Gasteiger partial charge in [0, 0.05) is 18.4 Å². The molecule has 0 aliphatic carbocycles. The molecule has 6 nitrogen and oxygen atoms in total. The molecule has 3 N–H and O–H groups in total. The zero-order chi connectivity index (χ0) is 18.4. The van der Waals surface area contributed by atoms with Crippen LogP contribution in [0.4, 0.5) is 5.69 Å². The Morgan fingerprint density at radius 2 is 1.72 bits per heavy atom. The number of benzene rings is 1. The van der Waals surface area contributed by atoms with E-state index in [2.05, 4.69) is 10.3 Å². The molecule has 25 heavy (non-hydrogen) atoms. The van der Waals surface area contributed by atoms with Crippen molar-refractivity contribution < 1.29 is 14.4 Å². The summed E-state index contributed by atoms with van der Waals surface area (Å²) in [5.74, 6) is -0.844. The van der Waals surface area contributed by atoms with Crippen LogP contribution in [0.2, 0.25) is 0 Å². The summed E-state index contributed by atoms with van der Waals surface area (Å²) in [6.45, 7) is 3.75. The predicted octanol–water partition coefficient (Wildman–Crippen LogP) is 2.81. The van der Waals surface area contributed by atoms with Crippen molar-refractivity contribution in [1.29, 1.82) is 0 Å². The van der Waals surface area contributed by atoms with Crippen LogP contribution in [0.25, 0.3) is 0 Å². The van der Waals surface area contributed by atoms with Gasteiger partial charge in [-0.3, -0.25) is 14.4 Å². The van der Waals surface area contributed by atoms with Gasteiger partial charge in [-0.15, -0.1) is 0 Å². The number of carbonyl (C=O) groups is 3. The minimum atomic E-state index is -0.626. The molecule has 0 unspecified atom stereocenters. The number of hydrogen-bond donors (Lipinski definition) is 2. The van der Waals surface area contributed by atoms with Crippen molar-refractivity contribution in [3.05, 3.63) is 59.9 Å². The van der Waals surface area contributed by atoms with Crippen molar-refractivity contribution in [2.75, 3.05) is 5.32 Å². The molecule has 0 aliphatic heterocycles. The number of ketones is 1. The van der Waals surface area contributed by atoms with Crippen LogP contribution in [0.5, 0.6) is 0 Å². The number of anilines is 1. The molecular weight excluding hydrogens is 318 g/mol. The minimum Gasteiger partial charge on any atom is -0.364 e. The van der Waals surface area contributed by atoms with Crippen LogP contribution in [-0.2, 0) is 4.79 Å². The van der Waals surface area contributed by atoms with Crippen molar-refractivity contribution in [2.24, 2.45) is 11.1 Å². The van der Waals surface area contributed by atoms with Gasteiger partial charge in [-0.2, -0.15) is 0 Å². The zero-order valence-electron chi connectivity index (χ0n) is 14.3. The fourth-order valence-electron chi connectivity index (χ4n) is 2.48. The van der Waals surface area contributed by atoms with Crippen molar-refractivity contribution in [3.8, 4) is 0 Å². The Balaban J connectivity index is 1.94. The monoisotopic (exact) mass is 339 g/mol. The highest BCUT2D eigenvalue weighted by Crippen LogP contribution is 2.27. The quantitative estimate of drug-likeness (QED) is 0.757. The lowest BCUT2D eigenvalue weighted by atomic mass is 9.82. The average Bonchev–Trinajstić information content (AvgIpc) is 2.55. The third-order valence-corrected chi connectivity index (χ3v) is 3.67. The van der Waals surface area contributed by atoms with Crippen LogP contribution in [0.15, 0.2) is 48.7 Å². The van der Waals surface area contributed by atoms with Gasteiger partial charge in [-0.1, -0.05) is 44.2 Å². The highest BCUT2D eigenvalue weighted by atomic mass is 16.2. The van der Waals surface area contributed by atoms with Gasteiger partial charge in [0.1, 0.15) is 5.69 Å². The van der Waals surface area contributed by atoms with E-state index in [1.165, 1.54) is 12.3 Å². The summed E-state index contributed by atoms with van der Waals surface area (Å²) >= 11 is 0. The maximum atomic E-state index is 12.3. The van der Waals surface area contributed by atoms with E-state index in [-0.39, 0.29) is 30.2 Å². The molecule has 0 spiro atoms. The first-order chi connectivity index (χ1) is 11.8. The number of carbonyl (C=O) groups excluding carboxylic acids is 3. The Labute approximate surface area is 146 Å². The first kappa shape index (κ1) is 18.3. The van der Waals surface area contributed by atoms with Gasteiger partial charge in [0.2, 0.25) is 5.91 Å². The highest BCUT2D eigenvalue weighted by Gasteiger charge is 2.26. The normalized spacial score (nSPS) is 11.0. The van der Waals surface area contributed by atoms with Gasteiger partial charge in [0.15, 0.2) is 5.78 Å². The summed E-state index contributed by atoms with van der Waals surface area (Å²) in [4.78, 5) is 39.4. The van der Waals surface area contributed by atoms with E-state index in [0.29, 0.717) is 11.3 Å². The second-order valence-corrected chi connectivity index (χ2v) is 6.65. The van der Waals surface area contributed by atoms with Crippen LogP contribution in [-0.4, -0.2) is 22.6 Å². The Morgan fingerprint density at radius 1 is 1.04 bits per heavy atom. The molecule has 1 heterocycles. The van der Waals surface area contributed by atoms with Gasteiger partial charge < -0.3 is 11.1 Å². The molecule has 2 rings (SSSR count). The van der Waals surface area contributed by atoms with E-state index in [1.54, 1.807) is 18.2 Å². The molecule has 0 fully saturated rings. The molecule has 0 saturated heterocycles. The smallest absolute Gasteiger partial charge is 0.267 e. The molecule has 0 bridgehead atoms. The van der Waals surface area contributed by atoms with Crippen molar-refractivity contribution in [1.82, 2.24) is 4.98 Å². The molecule has 0 saturated carbocycles. The number of nitrogens with two attached hydrogens (primary N) is 1. The molecule has 0 atom stereocenters. The van der Waals surface area contributed by atoms with Crippen molar-refractivity contribution >= 4 is 23.3 Å². The second-order valence-electron chi connectivity index (χ2n) is 6.65. The number of hydrogen-bond acceptors (Lipinski definition) is 4. The molecular formula is C19H21N3O3. The van der Waals surface area contributed by atoms with E-state index >= 15 is 0 Å². The van der Waals surface area contributed by atoms with Crippen LogP contribution >= 0.6 is 0 Å². The van der Waals surface area contributed by atoms with Gasteiger partial charge in [0.05, 0.1) is 11.9 Å². The maximum Gasteiger partial charge on any atom is 0.267 e. The molecule has 2 aromatic rings. The SMILES string of the molecule is CC(C)(CC(=O)Nc1ccc(C(N)=O)nc1)CC(=O)c1ccccc1. The lowest BCUT2D eigenvalue weighted by Gasteiger charge is -2.23. The first-order valence-corrected chi connectivity index (χ1v) is 7.91. The lowest BCUT2D eigenvalue weighted by Crippen LogP contribution is -2.25. The molecule has 1 aromatic heterocycles. The van der Waals surface area contributed by atoms with Gasteiger partial charge in [-0.05, 0) is 17.5 Å². The molecule has 1 aromatic carbocycles. The Hall–Kier alpha value is -3.02. The van der Waals surface area contributed by atoms with Crippen LogP contribution in [0, 0.1) is 5.41 Å². The number of Topliss-reactive ketones (excluding diaryl/α,β-unsaturated/α-hetero) is 1. The summed E-state index contributed by atoms with van der Waals surface area (Å²) in [7, 11) is 0. The number of amides is 2. The fraction of sp³-hybridized carbons (Fsp3) is 0.263. The number of primary amides is 1. The minimum absolute atomic E-state index is 0.00544. The van der Waals surface area contributed by atoms with Crippen molar-refractivity contribution in [3.63, 3.8) is 0 Å². The zero-order valence-corrected chi connectivity index (χ0v) is 14.3. The number of nitrogens with zero attached hydrogens (tertiary/aromatic N) is 1. The summed E-state index contributed by atoms with van der Waals surface area (Å²) in [5.41, 5.74) is 5.88. The van der Waals surface area contributed by atoms with E-state index in [1.807, 2.05) is 32.0 Å². The topological polar surface area (TPSA) is 102 Å². The number of nitrogens with one attached hydrogen (secondary N) is 1. The van der Waals surface area contributed by atoms with E-state index in [4.69, 9.17) is 5.73 Å². The molecule has 0 aliphatic rings. The highest BCUT2D eigenvalue weighted by molar-refractivity contribution is 5.97. The molecule has 6 heteroatoms. The summed E-state index contributed by atoms with van der Waals surface area (Å²) in [6, 6.07) is 12.0. The standard InChI is InChI=1S/C19H21N3O3/c1-19(2,10-16(23)13-6-4-3-5-7-13)11-17(24)22-14-8-9-15(18(20)25)21-12-14/h3-9,12H,10-11H2,1-2H3,(H2,20,25)(H,22,24). The Morgan fingerprint density at radius 3 is 2.28 bits per heavy atom. The van der Waals surface area contributed by atoms with Gasteiger partial charge in [0.25, 0.3) is 5.91 Å².